The van der Waals surface area contributed by atoms with E-state index in [0.717, 1.165) is 11.3 Å². The zero-order chi connectivity index (χ0) is 22.4. The van der Waals surface area contributed by atoms with E-state index in [1.807, 2.05) is 62.4 Å². The molecule has 166 valence electrons. The van der Waals surface area contributed by atoms with Gasteiger partial charge in [0.15, 0.2) is 11.5 Å². The maximum atomic E-state index is 12.6. The number of piperazine rings is 1. The molecule has 1 aliphatic heterocycles. The number of ether oxygens (including phenoxy) is 2. The molecule has 3 rings (SSSR count). The second-order valence-corrected chi connectivity index (χ2v) is 7.95. The van der Waals surface area contributed by atoms with Crippen molar-refractivity contribution in [3.05, 3.63) is 54.1 Å². The van der Waals surface area contributed by atoms with Crippen LogP contribution in [0.3, 0.4) is 0 Å². The molecule has 2 aromatic rings. The van der Waals surface area contributed by atoms with E-state index in [1.165, 1.54) is 0 Å². The summed E-state index contributed by atoms with van der Waals surface area (Å²) in [6, 6.07) is 15.7. The Morgan fingerprint density at radius 3 is 2.48 bits per heavy atom. The number of carboxylic acids is 1. The summed E-state index contributed by atoms with van der Waals surface area (Å²) in [5.41, 5.74) is 2.10. The lowest BCUT2D eigenvalue weighted by atomic mass is 10.0. The second kappa shape index (κ2) is 10.2. The van der Waals surface area contributed by atoms with Gasteiger partial charge in [-0.1, -0.05) is 30.3 Å². The lowest BCUT2D eigenvalue weighted by Gasteiger charge is -2.42. The predicted octanol–water partition coefficient (Wildman–Crippen LogP) is 3.22. The van der Waals surface area contributed by atoms with Gasteiger partial charge in [0, 0.05) is 31.4 Å². The average molecular weight is 427 g/mol. The molecule has 0 aromatic heterocycles. The molecule has 0 radical (unpaired) electrons. The van der Waals surface area contributed by atoms with E-state index in [2.05, 4.69) is 4.90 Å². The quantitative estimate of drug-likeness (QED) is 0.653. The molecule has 1 aliphatic rings. The van der Waals surface area contributed by atoms with Gasteiger partial charge in [0.25, 0.3) is 0 Å². The molecular weight excluding hydrogens is 396 g/mol. The molecule has 1 atom stereocenters. The van der Waals surface area contributed by atoms with Crippen LogP contribution >= 0.6 is 0 Å². The zero-order valence-corrected chi connectivity index (χ0v) is 18.3. The first kappa shape index (κ1) is 22.5. The van der Waals surface area contributed by atoms with Crippen LogP contribution in [0, 0.1) is 0 Å². The Kier molecular flexibility index (Phi) is 7.39. The Morgan fingerprint density at radius 2 is 1.84 bits per heavy atom. The molecule has 7 nitrogen and oxygen atoms in total. The summed E-state index contributed by atoms with van der Waals surface area (Å²) < 4.78 is 11.3. The van der Waals surface area contributed by atoms with E-state index < -0.39 is 12.4 Å². The van der Waals surface area contributed by atoms with Crippen molar-refractivity contribution in [2.75, 3.05) is 31.6 Å². The monoisotopic (exact) mass is 426 g/mol. The highest BCUT2D eigenvalue weighted by atomic mass is 16.5. The molecule has 0 aliphatic carbocycles. The number of aliphatic carboxylic acids is 1. The van der Waals surface area contributed by atoms with Gasteiger partial charge in [0.05, 0.1) is 19.3 Å². The number of hydrogen-bond acceptors (Lipinski definition) is 5. The van der Waals surface area contributed by atoms with Gasteiger partial charge in [-0.15, -0.1) is 0 Å². The minimum absolute atomic E-state index is 0.0143. The van der Waals surface area contributed by atoms with Crippen molar-refractivity contribution < 1.29 is 24.2 Å². The molecule has 1 heterocycles. The first-order chi connectivity index (χ1) is 14.9. The van der Waals surface area contributed by atoms with Crippen molar-refractivity contribution >= 4 is 17.6 Å². The van der Waals surface area contributed by atoms with E-state index in [0.29, 0.717) is 37.6 Å². The Balaban J connectivity index is 1.84. The van der Waals surface area contributed by atoms with Gasteiger partial charge < -0.3 is 24.4 Å². The van der Waals surface area contributed by atoms with Crippen molar-refractivity contribution in [1.82, 2.24) is 4.90 Å². The highest BCUT2D eigenvalue weighted by molar-refractivity contribution is 5.93. The van der Waals surface area contributed by atoms with Gasteiger partial charge >= 0.3 is 5.97 Å². The van der Waals surface area contributed by atoms with Crippen LogP contribution in [-0.2, 0) is 16.0 Å². The third-order valence-corrected chi connectivity index (χ3v) is 5.29. The fraction of sp³-hybridized carbons (Fsp3) is 0.417. The van der Waals surface area contributed by atoms with Crippen LogP contribution in [-0.4, -0.2) is 60.8 Å². The Bertz CT molecular complexity index is 900. The molecular formula is C24H30N2O5. The number of carbonyl (C=O) groups excluding carboxylic acids is 1. The third kappa shape index (κ3) is 5.90. The lowest BCUT2D eigenvalue weighted by Crippen LogP contribution is -2.56. The van der Waals surface area contributed by atoms with Crippen LogP contribution < -0.4 is 14.4 Å². The highest BCUT2D eigenvalue weighted by Gasteiger charge is 2.31. The molecule has 1 N–H and O–H groups in total. The van der Waals surface area contributed by atoms with Crippen LogP contribution in [0.2, 0.25) is 0 Å². The number of amides is 1. The first-order valence-electron chi connectivity index (χ1n) is 10.5. The van der Waals surface area contributed by atoms with Crippen molar-refractivity contribution in [2.45, 2.75) is 38.8 Å². The first-order valence-corrected chi connectivity index (χ1v) is 10.5. The van der Waals surface area contributed by atoms with Gasteiger partial charge in [-0.05, 0) is 38.0 Å². The number of methoxy groups -OCH3 is 1. The van der Waals surface area contributed by atoms with E-state index in [9.17, 15) is 9.59 Å². The smallest absolute Gasteiger partial charge is 0.312 e. The summed E-state index contributed by atoms with van der Waals surface area (Å²) >= 11 is 0. The molecule has 2 aromatic carbocycles. The summed E-state index contributed by atoms with van der Waals surface area (Å²) in [6.07, 6.45) is 0.189. The topological polar surface area (TPSA) is 79.3 Å². The SMILES string of the molecule is COc1ccc(N2CCN(C(=O)CC(=O)O)C(Cc3ccccc3)C2)cc1OC(C)C. The number of nitrogens with zero attached hydrogens (tertiary/aromatic N) is 2. The molecule has 0 bridgehead atoms. The molecule has 1 amide bonds. The number of rotatable bonds is 8. The molecule has 31 heavy (non-hydrogen) atoms. The van der Waals surface area contributed by atoms with Gasteiger partial charge in [0.2, 0.25) is 5.91 Å². The third-order valence-electron chi connectivity index (χ3n) is 5.29. The fourth-order valence-electron chi connectivity index (χ4n) is 3.92. The second-order valence-electron chi connectivity index (χ2n) is 7.95. The van der Waals surface area contributed by atoms with Gasteiger partial charge in [-0.3, -0.25) is 9.59 Å². The summed E-state index contributed by atoms with van der Waals surface area (Å²) in [6.45, 7) is 5.62. The maximum Gasteiger partial charge on any atom is 0.312 e. The Labute approximate surface area is 183 Å². The molecule has 1 saturated heterocycles. The van der Waals surface area contributed by atoms with Gasteiger partial charge in [-0.25, -0.2) is 0 Å². The van der Waals surface area contributed by atoms with Crippen LogP contribution in [0.15, 0.2) is 48.5 Å². The number of hydrogen-bond donors (Lipinski definition) is 1. The number of benzene rings is 2. The minimum atomic E-state index is -1.10. The highest BCUT2D eigenvalue weighted by Crippen LogP contribution is 2.33. The minimum Gasteiger partial charge on any atom is -0.493 e. The van der Waals surface area contributed by atoms with Gasteiger partial charge in [0.1, 0.15) is 6.42 Å². The van der Waals surface area contributed by atoms with E-state index in [1.54, 1.807) is 12.0 Å². The molecule has 0 saturated carbocycles. The van der Waals surface area contributed by atoms with Crippen molar-refractivity contribution in [3.63, 3.8) is 0 Å². The van der Waals surface area contributed by atoms with E-state index in [4.69, 9.17) is 14.6 Å². The molecule has 1 unspecified atom stereocenters. The van der Waals surface area contributed by atoms with E-state index in [-0.39, 0.29) is 18.1 Å². The normalized spacial score (nSPS) is 16.3. The zero-order valence-electron chi connectivity index (χ0n) is 18.3. The number of carbonyl (C=O) groups is 2. The summed E-state index contributed by atoms with van der Waals surface area (Å²) in [5, 5.41) is 9.09. The van der Waals surface area contributed by atoms with Crippen LogP contribution in [0.4, 0.5) is 5.69 Å². The standard InChI is InChI=1S/C24H30N2O5/c1-17(2)31-22-14-19(9-10-21(22)30-3)25-11-12-26(23(27)15-24(28)29)20(16-25)13-18-7-5-4-6-8-18/h4-10,14,17,20H,11-13,15-16H2,1-3H3,(H,28,29). The number of carboxylic acid groups (broad SMARTS) is 1. The van der Waals surface area contributed by atoms with Gasteiger partial charge in [-0.2, -0.15) is 0 Å². The van der Waals surface area contributed by atoms with Crippen molar-refractivity contribution in [1.29, 1.82) is 0 Å². The van der Waals surface area contributed by atoms with Crippen LogP contribution in [0.25, 0.3) is 0 Å². The summed E-state index contributed by atoms with van der Waals surface area (Å²) in [5.74, 6) is -0.0873. The van der Waals surface area contributed by atoms with Crippen LogP contribution in [0.1, 0.15) is 25.8 Å². The molecule has 0 spiro atoms. The van der Waals surface area contributed by atoms with E-state index >= 15 is 0 Å². The Morgan fingerprint density at radius 1 is 1.10 bits per heavy atom. The van der Waals surface area contributed by atoms with Crippen molar-refractivity contribution in [2.24, 2.45) is 0 Å². The number of anilines is 1. The maximum absolute atomic E-state index is 12.6. The average Bonchev–Trinajstić information content (AvgIpc) is 2.73. The fourth-order valence-corrected chi connectivity index (χ4v) is 3.92. The van der Waals surface area contributed by atoms with Crippen molar-refractivity contribution in [3.8, 4) is 11.5 Å². The van der Waals surface area contributed by atoms with Crippen LogP contribution in [0.5, 0.6) is 11.5 Å². The molecule has 7 heteroatoms. The summed E-state index contributed by atoms with van der Waals surface area (Å²) in [7, 11) is 1.62. The summed E-state index contributed by atoms with van der Waals surface area (Å²) in [4.78, 5) is 27.6. The predicted molar refractivity (Wildman–Crippen MR) is 119 cm³/mol. The Hall–Kier alpha value is -3.22. The molecule has 1 fully saturated rings. The lowest BCUT2D eigenvalue weighted by molar-refractivity contribution is -0.145. The largest absolute Gasteiger partial charge is 0.493 e.